The molecule has 3 rings (SSSR count). The molecule has 1 aliphatic heterocycles. The van der Waals surface area contributed by atoms with Crippen LogP contribution in [0.4, 0.5) is 13.2 Å². The van der Waals surface area contributed by atoms with Crippen LogP contribution in [0.25, 0.3) is 0 Å². The molecule has 1 saturated heterocycles. The molecule has 0 saturated carbocycles. The van der Waals surface area contributed by atoms with Crippen LogP contribution in [0.5, 0.6) is 0 Å². The summed E-state index contributed by atoms with van der Waals surface area (Å²) in [5, 5.41) is 0. The molecule has 1 fully saturated rings. The molecule has 2 aromatic rings. The fourth-order valence-corrected chi connectivity index (χ4v) is 5.28. The number of ether oxygens (including phenoxy) is 2. The van der Waals surface area contributed by atoms with Gasteiger partial charge in [0.2, 0.25) is 10.0 Å². The summed E-state index contributed by atoms with van der Waals surface area (Å²) in [6.45, 7) is -0.535. The molecule has 0 unspecified atom stereocenters. The van der Waals surface area contributed by atoms with E-state index in [2.05, 4.69) is 4.74 Å². The quantitative estimate of drug-likeness (QED) is 0.581. The van der Waals surface area contributed by atoms with Gasteiger partial charge in [-0.1, -0.05) is 30.3 Å². The van der Waals surface area contributed by atoms with Crippen LogP contribution in [-0.4, -0.2) is 44.9 Å². The number of nitrogens with zero attached hydrogens (tertiary/aromatic N) is 1. The van der Waals surface area contributed by atoms with Gasteiger partial charge in [-0.3, -0.25) is 4.79 Å². The first-order chi connectivity index (χ1) is 15.6. The number of esters is 2. The second kappa shape index (κ2) is 9.92. The Hall–Kier alpha value is -2.92. The zero-order chi connectivity index (χ0) is 24.2. The Morgan fingerprint density at radius 3 is 2.27 bits per heavy atom. The Bertz CT molecular complexity index is 1120. The predicted octanol–water partition coefficient (Wildman–Crippen LogP) is 3.64. The van der Waals surface area contributed by atoms with Crippen molar-refractivity contribution in [3.8, 4) is 0 Å². The summed E-state index contributed by atoms with van der Waals surface area (Å²) in [6.07, 6.45) is -4.29. The average molecular weight is 485 g/mol. The minimum atomic E-state index is -4.57. The fourth-order valence-electron chi connectivity index (χ4n) is 3.63. The highest BCUT2D eigenvalue weighted by Crippen LogP contribution is 2.32. The number of hydrogen-bond acceptors (Lipinski definition) is 6. The minimum absolute atomic E-state index is 0.00323. The van der Waals surface area contributed by atoms with E-state index in [1.807, 2.05) is 0 Å². The number of halogens is 3. The van der Waals surface area contributed by atoms with Gasteiger partial charge in [0, 0.05) is 18.7 Å². The van der Waals surface area contributed by atoms with Crippen LogP contribution in [0, 0.1) is 5.92 Å². The van der Waals surface area contributed by atoms with Crippen molar-refractivity contribution in [3.05, 3.63) is 65.2 Å². The first-order valence-electron chi connectivity index (χ1n) is 10.0. The average Bonchev–Trinajstić information content (AvgIpc) is 2.81. The molecule has 1 aliphatic rings. The lowest BCUT2D eigenvalue weighted by molar-refractivity contribution is -0.153. The Labute approximate surface area is 189 Å². The first-order valence-corrected chi connectivity index (χ1v) is 11.5. The smallest absolute Gasteiger partial charge is 0.416 e. The van der Waals surface area contributed by atoms with Gasteiger partial charge in [0.25, 0.3) is 0 Å². The lowest BCUT2D eigenvalue weighted by atomic mass is 9.98. The maximum Gasteiger partial charge on any atom is 0.416 e. The summed E-state index contributed by atoms with van der Waals surface area (Å²) in [5.74, 6) is -2.11. The second-order valence-electron chi connectivity index (χ2n) is 7.43. The molecule has 0 atom stereocenters. The summed E-state index contributed by atoms with van der Waals surface area (Å²) in [5.41, 5.74) is -1.12. The van der Waals surface area contributed by atoms with Crippen molar-refractivity contribution in [2.45, 2.75) is 30.5 Å². The Morgan fingerprint density at radius 1 is 1.03 bits per heavy atom. The van der Waals surface area contributed by atoms with E-state index in [9.17, 15) is 31.2 Å². The number of alkyl halides is 3. The SMILES string of the molecule is COC(=O)c1ccccc1S(=O)(=O)N1CCC(C(=O)OCc2ccccc2C(F)(F)F)CC1. The van der Waals surface area contributed by atoms with Crippen molar-refractivity contribution in [3.63, 3.8) is 0 Å². The number of benzene rings is 2. The maximum atomic E-state index is 13.1. The maximum absolute atomic E-state index is 13.1. The van der Waals surface area contributed by atoms with Crippen LogP contribution in [0.2, 0.25) is 0 Å². The Kier molecular flexibility index (Phi) is 7.43. The molecule has 0 spiro atoms. The third-order valence-corrected chi connectivity index (χ3v) is 7.35. The van der Waals surface area contributed by atoms with Gasteiger partial charge < -0.3 is 9.47 Å². The van der Waals surface area contributed by atoms with E-state index in [-0.39, 0.29) is 42.0 Å². The molecule has 0 N–H and O–H groups in total. The van der Waals surface area contributed by atoms with Crippen LogP contribution >= 0.6 is 0 Å². The highest BCUT2D eigenvalue weighted by molar-refractivity contribution is 7.89. The van der Waals surface area contributed by atoms with E-state index in [1.54, 1.807) is 0 Å². The van der Waals surface area contributed by atoms with E-state index >= 15 is 0 Å². The van der Waals surface area contributed by atoms with Crippen molar-refractivity contribution in [2.75, 3.05) is 20.2 Å². The number of methoxy groups -OCH3 is 1. The van der Waals surface area contributed by atoms with Gasteiger partial charge in [-0.25, -0.2) is 13.2 Å². The van der Waals surface area contributed by atoms with E-state index in [4.69, 9.17) is 4.74 Å². The molecule has 178 valence electrons. The number of piperidine rings is 1. The molecule has 2 aromatic carbocycles. The summed E-state index contributed by atoms with van der Waals surface area (Å²) >= 11 is 0. The van der Waals surface area contributed by atoms with Crippen molar-refractivity contribution < 1.29 is 40.7 Å². The van der Waals surface area contributed by atoms with E-state index in [0.29, 0.717) is 0 Å². The van der Waals surface area contributed by atoms with Crippen LogP contribution in [-0.2, 0) is 37.1 Å². The van der Waals surface area contributed by atoms with Gasteiger partial charge in [-0.05, 0) is 31.0 Å². The topological polar surface area (TPSA) is 90.0 Å². The van der Waals surface area contributed by atoms with Gasteiger partial charge in [0.1, 0.15) is 6.61 Å². The first kappa shape index (κ1) is 24.7. The lowest BCUT2D eigenvalue weighted by Crippen LogP contribution is -2.41. The predicted molar refractivity (Wildman–Crippen MR) is 111 cm³/mol. The molecule has 0 radical (unpaired) electrons. The van der Waals surface area contributed by atoms with Crippen LogP contribution < -0.4 is 0 Å². The van der Waals surface area contributed by atoms with Gasteiger partial charge in [-0.15, -0.1) is 0 Å². The van der Waals surface area contributed by atoms with Crippen molar-refractivity contribution in [1.82, 2.24) is 4.31 Å². The van der Waals surface area contributed by atoms with Crippen LogP contribution in [0.1, 0.15) is 34.3 Å². The molecular weight excluding hydrogens is 463 g/mol. The third-order valence-electron chi connectivity index (χ3n) is 5.39. The van der Waals surface area contributed by atoms with Gasteiger partial charge >= 0.3 is 18.1 Å². The molecule has 0 aromatic heterocycles. The molecular formula is C22H22F3NO6S. The number of hydrogen-bond donors (Lipinski definition) is 0. The van der Waals surface area contributed by atoms with Crippen molar-refractivity contribution in [2.24, 2.45) is 5.92 Å². The van der Waals surface area contributed by atoms with Crippen molar-refractivity contribution in [1.29, 1.82) is 0 Å². The molecule has 33 heavy (non-hydrogen) atoms. The van der Waals surface area contributed by atoms with Gasteiger partial charge in [-0.2, -0.15) is 17.5 Å². The zero-order valence-corrected chi connectivity index (χ0v) is 18.5. The largest absolute Gasteiger partial charge is 0.465 e. The Balaban J connectivity index is 1.64. The lowest BCUT2D eigenvalue weighted by Gasteiger charge is -2.30. The molecule has 7 nitrogen and oxygen atoms in total. The van der Waals surface area contributed by atoms with Crippen LogP contribution in [0.15, 0.2) is 53.4 Å². The highest BCUT2D eigenvalue weighted by Gasteiger charge is 2.36. The number of carbonyl (C=O) groups excluding carboxylic acids is 2. The minimum Gasteiger partial charge on any atom is -0.465 e. The molecule has 0 bridgehead atoms. The number of rotatable bonds is 6. The van der Waals surface area contributed by atoms with Crippen molar-refractivity contribution >= 4 is 22.0 Å². The summed E-state index contributed by atoms with van der Waals surface area (Å²) in [6, 6.07) is 10.5. The summed E-state index contributed by atoms with van der Waals surface area (Å²) in [7, 11) is -2.87. The standard InChI is InChI=1S/C22H22F3NO6S/c1-31-21(28)17-7-3-5-9-19(17)33(29,30)26-12-10-15(11-13-26)20(27)32-14-16-6-2-4-8-18(16)22(23,24)25/h2-9,15H,10-14H2,1H3. The molecule has 0 aliphatic carbocycles. The number of carbonyl (C=O) groups is 2. The second-order valence-corrected chi connectivity index (χ2v) is 9.34. The third kappa shape index (κ3) is 5.53. The van der Waals surface area contributed by atoms with Crippen LogP contribution in [0.3, 0.4) is 0 Å². The van der Waals surface area contributed by atoms with E-state index in [1.165, 1.54) is 42.5 Å². The monoisotopic (exact) mass is 485 g/mol. The van der Waals surface area contributed by atoms with E-state index in [0.717, 1.165) is 17.5 Å². The number of sulfonamides is 1. The Morgan fingerprint density at radius 2 is 1.64 bits per heavy atom. The zero-order valence-electron chi connectivity index (χ0n) is 17.7. The molecule has 1 heterocycles. The van der Waals surface area contributed by atoms with E-state index < -0.39 is 46.2 Å². The normalized spacial score (nSPS) is 15.8. The molecule has 0 amide bonds. The highest BCUT2D eigenvalue weighted by atomic mass is 32.2. The summed E-state index contributed by atoms with van der Waals surface area (Å²) in [4.78, 5) is 24.2. The molecule has 11 heteroatoms. The van der Waals surface area contributed by atoms with Gasteiger partial charge in [0.05, 0.1) is 29.1 Å². The summed E-state index contributed by atoms with van der Waals surface area (Å²) < 4.78 is 76.3. The fraction of sp³-hybridized carbons (Fsp3) is 0.364. The van der Waals surface area contributed by atoms with Gasteiger partial charge in [0.15, 0.2) is 0 Å².